The van der Waals surface area contributed by atoms with Gasteiger partial charge in [-0.05, 0) is 24.3 Å². The summed E-state index contributed by atoms with van der Waals surface area (Å²) in [6.07, 6.45) is 0. The van der Waals surface area contributed by atoms with Gasteiger partial charge < -0.3 is 15.0 Å². The number of rotatable bonds is 6. The zero-order valence-electron chi connectivity index (χ0n) is 13.0. The smallest absolute Gasteiger partial charge is 0.279 e. The zero-order chi connectivity index (χ0) is 16.8. The minimum Gasteiger partial charge on any atom is -0.495 e. The summed E-state index contributed by atoms with van der Waals surface area (Å²) in [5.41, 5.74) is 1.62. The van der Waals surface area contributed by atoms with E-state index < -0.39 is 0 Å². The number of methoxy groups -OCH3 is 1. The van der Waals surface area contributed by atoms with Crippen LogP contribution in [-0.2, 0) is 11.3 Å². The number of benzene rings is 2. The summed E-state index contributed by atoms with van der Waals surface area (Å²) < 4.78 is 5.22. The van der Waals surface area contributed by atoms with Gasteiger partial charge in [0.05, 0.1) is 24.9 Å². The SMILES string of the molecule is COc1ccccc1NC(=O)C[NH+](C)Cc1ccc(Cl)cc1Cl. The number of halogens is 2. The Morgan fingerprint density at radius 1 is 1.22 bits per heavy atom. The van der Waals surface area contributed by atoms with Gasteiger partial charge in [0, 0.05) is 10.6 Å². The number of ether oxygens (including phenoxy) is 1. The lowest BCUT2D eigenvalue weighted by atomic mass is 10.2. The van der Waals surface area contributed by atoms with Crippen LogP contribution < -0.4 is 15.0 Å². The molecule has 1 atom stereocenters. The van der Waals surface area contributed by atoms with Gasteiger partial charge in [-0.2, -0.15) is 0 Å². The van der Waals surface area contributed by atoms with E-state index in [9.17, 15) is 4.79 Å². The first-order chi connectivity index (χ1) is 11.0. The van der Waals surface area contributed by atoms with Gasteiger partial charge in [-0.15, -0.1) is 0 Å². The minimum absolute atomic E-state index is 0.0860. The van der Waals surface area contributed by atoms with Crippen molar-refractivity contribution in [2.75, 3.05) is 26.0 Å². The summed E-state index contributed by atoms with van der Waals surface area (Å²) in [5.74, 6) is 0.552. The average molecular weight is 354 g/mol. The van der Waals surface area contributed by atoms with Crippen molar-refractivity contribution >= 4 is 34.8 Å². The monoisotopic (exact) mass is 353 g/mol. The van der Waals surface area contributed by atoms with Crippen LogP contribution in [0.3, 0.4) is 0 Å². The van der Waals surface area contributed by atoms with Gasteiger partial charge in [-0.25, -0.2) is 0 Å². The van der Waals surface area contributed by atoms with Crippen molar-refractivity contribution in [3.63, 3.8) is 0 Å². The van der Waals surface area contributed by atoms with Crippen LogP contribution in [0, 0.1) is 0 Å². The maximum Gasteiger partial charge on any atom is 0.279 e. The Hall–Kier alpha value is -1.75. The number of likely N-dealkylation sites (N-methyl/N-ethyl adjacent to an activating group) is 1. The third-order valence-corrected chi connectivity index (χ3v) is 3.94. The highest BCUT2D eigenvalue weighted by Gasteiger charge is 2.14. The molecule has 0 aliphatic heterocycles. The van der Waals surface area contributed by atoms with E-state index >= 15 is 0 Å². The van der Waals surface area contributed by atoms with Gasteiger partial charge in [0.25, 0.3) is 5.91 Å². The Morgan fingerprint density at radius 3 is 2.65 bits per heavy atom. The molecular weight excluding hydrogens is 335 g/mol. The van der Waals surface area contributed by atoms with Crippen molar-refractivity contribution in [2.45, 2.75) is 6.54 Å². The summed E-state index contributed by atoms with van der Waals surface area (Å²) >= 11 is 12.1. The Morgan fingerprint density at radius 2 is 1.96 bits per heavy atom. The van der Waals surface area contributed by atoms with Gasteiger partial charge in [-0.1, -0.05) is 41.4 Å². The molecule has 23 heavy (non-hydrogen) atoms. The van der Waals surface area contributed by atoms with Crippen LogP contribution in [-0.4, -0.2) is 26.6 Å². The second-order valence-corrected chi connectivity index (χ2v) is 6.14. The molecule has 2 rings (SSSR count). The second kappa shape index (κ2) is 8.20. The van der Waals surface area contributed by atoms with Crippen LogP contribution in [0.25, 0.3) is 0 Å². The fourth-order valence-electron chi connectivity index (χ4n) is 2.27. The molecule has 2 N–H and O–H groups in total. The van der Waals surface area contributed by atoms with Crippen LogP contribution in [0.5, 0.6) is 5.75 Å². The molecule has 0 aliphatic rings. The number of para-hydroxylation sites is 2. The fourth-order valence-corrected chi connectivity index (χ4v) is 2.74. The first-order valence-corrected chi connectivity index (χ1v) is 7.93. The number of carbonyl (C=O) groups is 1. The van der Waals surface area contributed by atoms with Crippen LogP contribution in [0.2, 0.25) is 10.0 Å². The molecule has 0 fully saturated rings. The van der Waals surface area contributed by atoms with Crippen LogP contribution in [0.4, 0.5) is 5.69 Å². The van der Waals surface area contributed by atoms with E-state index in [0.717, 1.165) is 10.5 Å². The molecule has 1 unspecified atom stereocenters. The third kappa shape index (κ3) is 5.13. The van der Waals surface area contributed by atoms with Crippen molar-refractivity contribution in [2.24, 2.45) is 0 Å². The highest BCUT2D eigenvalue weighted by atomic mass is 35.5. The number of carbonyl (C=O) groups excluding carboxylic acids is 1. The van der Waals surface area contributed by atoms with E-state index in [0.29, 0.717) is 34.6 Å². The Kier molecular flexibility index (Phi) is 6.28. The Balaban J connectivity index is 1.94. The van der Waals surface area contributed by atoms with E-state index in [1.54, 1.807) is 25.3 Å². The molecule has 0 saturated heterocycles. The molecule has 0 aromatic heterocycles. The van der Waals surface area contributed by atoms with E-state index in [-0.39, 0.29) is 5.91 Å². The number of hydrogen-bond donors (Lipinski definition) is 2. The Bertz CT molecular complexity index is 692. The van der Waals surface area contributed by atoms with Crippen molar-refractivity contribution in [3.8, 4) is 5.75 Å². The molecule has 6 heteroatoms. The normalized spacial score (nSPS) is 11.8. The molecule has 0 radical (unpaired) electrons. The topological polar surface area (TPSA) is 42.8 Å². The zero-order valence-corrected chi connectivity index (χ0v) is 14.5. The number of anilines is 1. The maximum absolute atomic E-state index is 12.2. The van der Waals surface area contributed by atoms with Gasteiger partial charge >= 0.3 is 0 Å². The number of amides is 1. The molecule has 2 aromatic carbocycles. The van der Waals surface area contributed by atoms with Crippen molar-refractivity contribution in [1.82, 2.24) is 0 Å². The molecule has 0 heterocycles. The van der Waals surface area contributed by atoms with Crippen LogP contribution in [0.15, 0.2) is 42.5 Å². The van der Waals surface area contributed by atoms with E-state index in [1.807, 2.05) is 31.3 Å². The summed E-state index contributed by atoms with van der Waals surface area (Å²) in [6.45, 7) is 0.951. The minimum atomic E-state index is -0.0860. The van der Waals surface area contributed by atoms with Crippen molar-refractivity contribution in [3.05, 3.63) is 58.1 Å². The largest absolute Gasteiger partial charge is 0.495 e. The van der Waals surface area contributed by atoms with Gasteiger partial charge in [-0.3, -0.25) is 4.79 Å². The Labute approximate surface area is 146 Å². The highest BCUT2D eigenvalue weighted by molar-refractivity contribution is 6.35. The lowest BCUT2D eigenvalue weighted by Gasteiger charge is -2.15. The maximum atomic E-state index is 12.2. The van der Waals surface area contributed by atoms with E-state index in [1.165, 1.54) is 0 Å². The predicted molar refractivity (Wildman–Crippen MR) is 93.5 cm³/mol. The number of hydrogen-bond acceptors (Lipinski definition) is 2. The number of nitrogens with one attached hydrogen (secondary N) is 2. The quantitative estimate of drug-likeness (QED) is 0.838. The standard InChI is InChI=1S/C17H18Cl2N2O2/c1-21(10-12-7-8-13(18)9-14(12)19)11-17(22)20-15-5-3-4-6-16(15)23-2/h3-9H,10-11H2,1-2H3,(H,20,22)/p+1. The van der Waals surface area contributed by atoms with Gasteiger partial charge in [0.15, 0.2) is 6.54 Å². The summed E-state index contributed by atoms with van der Waals surface area (Å²) in [6, 6.07) is 12.7. The fraction of sp³-hybridized carbons (Fsp3) is 0.235. The van der Waals surface area contributed by atoms with E-state index in [4.69, 9.17) is 27.9 Å². The molecule has 2 aromatic rings. The molecule has 0 saturated carbocycles. The molecular formula is C17H19Cl2N2O2+. The molecule has 1 amide bonds. The molecule has 0 spiro atoms. The first-order valence-electron chi connectivity index (χ1n) is 7.17. The van der Waals surface area contributed by atoms with Crippen LogP contribution in [0.1, 0.15) is 5.56 Å². The first kappa shape index (κ1) is 17.6. The van der Waals surface area contributed by atoms with Gasteiger partial charge in [0.2, 0.25) is 0 Å². The lowest BCUT2D eigenvalue weighted by Crippen LogP contribution is -3.08. The lowest BCUT2D eigenvalue weighted by molar-refractivity contribution is -0.885. The second-order valence-electron chi connectivity index (χ2n) is 5.29. The van der Waals surface area contributed by atoms with E-state index in [2.05, 4.69) is 5.32 Å². The predicted octanol–water partition coefficient (Wildman–Crippen LogP) is 2.66. The van der Waals surface area contributed by atoms with Crippen molar-refractivity contribution < 1.29 is 14.4 Å². The summed E-state index contributed by atoms with van der Waals surface area (Å²) in [5, 5.41) is 4.08. The summed E-state index contributed by atoms with van der Waals surface area (Å²) in [7, 11) is 3.51. The third-order valence-electron chi connectivity index (χ3n) is 3.35. The van der Waals surface area contributed by atoms with Crippen LogP contribution >= 0.6 is 23.2 Å². The molecule has 4 nitrogen and oxygen atoms in total. The highest BCUT2D eigenvalue weighted by Crippen LogP contribution is 2.22. The number of quaternary nitrogens is 1. The summed E-state index contributed by atoms with van der Waals surface area (Å²) in [4.78, 5) is 13.2. The van der Waals surface area contributed by atoms with Crippen molar-refractivity contribution in [1.29, 1.82) is 0 Å². The molecule has 0 bridgehead atoms. The molecule has 0 aliphatic carbocycles. The average Bonchev–Trinajstić information content (AvgIpc) is 2.50. The van der Waals surface area contributed by atoms with Gasteiger partial charge in [0.1, 0.15) is 12.3 Å². The molecule has 122 valence electrons.